The Labute approximate surface area is 129 Å². The fraction of sp³-hybridized carbons (Fsp3) is 0.412. The Bertz CT molecular complexity index is 735. The van der Waals surface area contributed by atoms with Crippen molar-refractivity contribution in [3.8, 4) is 0 Å². The van der Waals surface area contributed by atoms with Crippen molar-refractivity contribution in [1.82, 2.24) is 19.7 Å². The molecule has 3 heterocycles. The third kappa shape index (κ3) is 2.64. The van der Waals surface area contributed by atoms with Gasteiger partial charge in [0.05, 0.1) is 12.7 Å². The third-order valence-corrected chi connectivity index (χ3v) is 4.48. The van der Waals surface area contributed by atoms with Crippen LogP contribution >= 0.6 is 0 Å². The number of rotatable bonds is 3. The molecule has 1 aromatic carbocycles. The summed E-state index contributed by atoms with van der Waals surface area (Å²) in [6, 6.07) is 7.95. The maximum absolute atomic E-state index is 5.82. The van der Waals surface area contributed by atoms with Crippen molar-refractivity contribution in [2.24, 2.45) is 7.05 Å². The highest BCUT2D eigenvalue weighted by Gasteiger charge is 2.22. The summed E-state index contributed by atoms with van der Waals surface area (Å²) in [7, 11) is 1.98. The van der Waals surface area contributed by atoms with E-state index in [9.17, 15) is 0 Å². The van der Waals surface area contributed by atoms with E-state index in [0.29, 0.717) is 5.92 Å². The number of oxazole rings is 1. The largest absolute Gasteiger partial charge is 0.439 e. The molecule has 0 saturated carbocycles. The van der Waals surface area contributed by atoms with Gasteiger partial charge in [0.15, 0.2) is 5.58 Å². The van der Waals surface area contributed by atoms with Gasteiger partial charge in [-0.25, -0.2) is 4.98 Å². The molecule has 0 radical (unpaired) electrons. The van der Waals surface area contributed by atoms with Crippen molar-refractivity contribution in [3.63, 3.8) is 0 Å². The van der Waals surface area contributed by atoms with E-state index < -0.39 is 0 Å². The van der Waals surface area contributed by atoms with Gasteiger partial charge in [-0.3, -0.25) is 9.58 Å². The first-order valence-electron chi connectivity index (χ1n) is 7.83. The lowest BCUT2D eigenvalue weighted by Gasteiger charge is -2.30. The predicted octanol–water partition coefficient (Wildman–Crippen LogP) is 2.94. The maximum atomic E-state index is 5.82. The van der Waals surface area contributed by atoms with Crippen LogP contribution in [0.3, 0.4) is 0 Å². The van der Waals surface area contributed by atoms with Gasteiger partial charge in [-0.15, -0.1) is 0 Å². The molecule has 114 valence electrons. The number of aromatic nitrogens is 3. The number of likely N-dealkylation sites (tertiary alicyclic amines) is 1. The minimum atomic E-state index is 0.633. The van der Waals surface area contributed by atoms with Crippen LogP contribution in [0.15, 0.2) is 41.1 Å². The van der Waals surface area contributed by atoms with Crippen LogP contribution < -0.4 is 0 Å². The van der Waals surface area contributed by atoms with Gasteiger partial charge in [-0.05, 0) is 49.5 Å². The van der Waals surface area contributed by atoms with Crippen LogP contribution in [-0.2, 0) is 13.6 Å². The Morgan fingerprint density at radius 2 is 2.05 bits per heavy atom. The van der Waals surface area contributed by atoms with Gasteiger partial charge >= 0.3 is 0 Å². The first-order valence-corrected chi connectivity index (χ1v) is 7.83. The van der Waals surface area contributed by atoms with Crippen molar-refractivity contribution in [2.45, 2.75) is 25.3 Å². The summed E-state index contributed by atoms with van der Waals surface area (Å²) in [5.41, 5.74) is 3.19. The molecule has 4 rings (SSSR count). The van der Waals surface area contributed by atoms with Crippen LogP contribution in [0, 0.1) is 0 Å². The second-order valence-electron chi connectivity index (χ2n) is 6.07. The molecule has 5 nitrogen and oxygen atoms in total. The average molecular weight is 296 g/mol. The molecule has 1 saturated heterocycles. The highest BCUT2D eigenvalue weighted by atomic mass is 16.3. The molecule has 22 heavy (non-hydrogen) atoms. The number of aryl methyl sites for hydroxylation is 1. The van der Waals surface area contributed by atoms with Gasteiger partial charge in [0.25, 0.3) is 0 Å². The molecule has 1 aliphatic rings. The summed E-state index contributed by atoms with van der Waals surface area (Å²) >= 11 is 0. The quantitative estimate of drug-likeness (QED) is 0.745. The fourth-order valence-electron chi connectivity index (χ4n) is 3.25. The molecular weight excluding hydrogens is 276 g/mol. The van der Waals surface area contributed by atoms with E-state index in [0.717, 1.165) is 36.6 Å². The third-order valence-electron chi connectivity index (χ3n) is 4.48. The van der Waals surface area contributed by atoms with E-state index in [2.05, 4.69) is 21.2 Å². The van der Waals surface area contributed by atoms with Crippen LogP contribution in [0.25, 0.3) is 11.1 Å². The number of fused-ring (bicyclic) bond motifs is 1. The van der Waals surface area contributed by atoms with E-state index in [4.69, 9.17) is 4.42 Å². The zero-order valence-electron chi connectivity index (χ0n) is 12.8. The molecule has 0 unspecified atom stereocenters. The summed E-state index contributed by atoms with van der Waals surface area (Å²) < 4.78 is 7.71. The van der Waals surface area contributed by atoms with Gasteiger partial charge < -0.3 is 4.42 Å². The van der Waals surface area contributed by atoms with Crippen molar-refractivity contribution in [3.05, 3.63) is 48.1 Å². The first-order chi connectivity index (χ1) is 10.8. The second-order valence-corrected chi connectivity index (χ2v) is 6.07. The summed E-state index contributed by atoms with van der Waals surface area (Å²) in [5.74, 6) is 1.45. The lowest BCUT2D eigenvalue weighted by Crippen LogP contribution is -2.32. The predicted molar refractivity (Wildman–Crippen MR) is 84.5 cm³/mol. The lowest BCUT2D eigenvalue weighted by molar-refractivity contribution is 0.189. The van der Waals surface area contributed by atoms with E-state index in [1.165, 1.54) is 18.4 Å². The molecular formula is C17H20N4O. The van der Waals surface area contributed by atoms with Crippen molar-refractivity contribution in [2.75, 3.05) is 13.1 Å². The molecule has 0 aliphatic carbocycles. The fourth-order valence-corrected chi connectivity index (χ4v) is 3.25. The topological polar surface area (TPSA) is 47.1 Å². The van der Waals surface area contributed by atoms with Crippen molar-refractivity contribution < 1.29 is 4.42 Å². The molecule has 0 bridgehead atoms. The average Bonchev–Trinajstić information content (AvgIpc) is 3.13. The van der Waals surface area contributed by atoms with Crippen LogP contribution in [0.2, 0.25) is 0 Å². The number of hydrogen-bond donors (Lipinski definition) is 0. The number of nitrogens with zero attached hydrogens (tertiary/aromatic N) is 4. The summed E-state index contributed by atoms with van der Waals surface area (Å²) in [4.78, 5) is 6.99. The van der Waals surface area contributed by atoms with Gasteiger partial charge in [-0.2, -0.15) is 5.10 Å². The van der Waals surface area contributed by atoms with Crippen LogP contribution in [0.4, 0.5) is 0 Å². The smallest absolute Gasteiger partial charge is 0.209 e. The zero-order chi connectivity index (χ0) is 14.9. The lowest BCUT2D eigenvalue weighted by atomic mass is 9.91. The SMILES string of the molecule is Cn1cc(C2CCN(Cc3nc4ccccc4o3)CC2)cn1. The Morgan fingerprint density at radius 3 is 2.77 bits per heavy atom. The van der Waals surface area contributed by atoms with Crippen LogP contribution in [0.5, 0.6) is 0 Å². The van der Waals surface area contributed by atoms with Gasteiger partial charge in [0, 0.05) is 13.2 Å². The van der Waals surface area contributed by atoms with E-state index in [-0.39, 0.29) is 0 Å². The molecule has 5 heteroatoms. The maximum Gasteiger partial charge on any atom is 0.209 e. The number of benzene rings is 1. The molecule has 3 aromatic rings. The van der Waals surface area contributed by atoms with Gasteiger partial charge in [0.2, 0.25) is 5.89 Å². The minimum absolute atomic E-state index is 0.633. The first kappa shape index (κ1) is 13.5. The van der Waals surface area contributed by atoms with Gasteiger partial charge in [-0.1, -0.05) is 12.1 Å². The molecule has 1 aliphatic heterocycles. The summed E-state index contributed by atoms with van der Waals surface area (Å²) in [6.45, 7) is 2.96. The van der Waals surface area contributed by atoms with Crippen LogP contribution in [0.1, 0.15) is 30.2 Å². The molecule has 0 atom stereocenters. The van der Waals surface area contributed by atoms with E-state index in [1.807, 2.05) is 42.2 Å². The zero-order valence-corrected chi connectivity index (χ0v) is 12.8. The highest BCUT2D eigenvalue weighted by molar-refractivity contribution is 5.72. The normalized spacial score (nSPS) is 17.3. The Morgan fingerprint density at radius 1 is 1.23 bits per heavy atom. The Hall–Kier alpha value is -2.14. The molecule has 1 fully saturated rings. The summed E-state index contributed by atoms with van der Waals surface area (Å²) in [6.07, 6.45) is 6.49. The Kier molecular flexibility index (Phi) is 3.42. The molecule has 0 amide bonds. The van der Waals surface area contributed by atoms with Crippen molar-refractivity contribution >= 4 is 11.1 Å². The molecule has 0 spiro atoms. The van der Waals surface area contributed by atoms with Crippen LogP contribution in [-0.4, -0.2) is 32.8 Å². The van der Waals surface area contributed by atoms with E-state index in [1.54, 1.807) is 0 Å². The number of piperidine rings is 1. The summed E-state index contributed by atoms with van der Waals surface area (Å²) in [5, 5.41) is 4.28. The van der Waals surface area contributed by atoms with Gasteiger partial charge in [0.1, 0.15) is 5.52 Å². The highest BCUT2D eigenvalue weighted by Crippen LogP contribution is 2.28. The standard InChI is InChI=1S/C17H20N4O/c1-20-11-14(10-18-20)13-6-8-21(9-7-13)12-17-19-15-4-2-3-5-16(15)22-17/h2-5,10-11,13H,6-9,12H2,1H3. The Balaban J connectivity index is 1.39. The van der Waals surface area contributed by atoms with E-state index >= 15 is 0 Å². The molecule has 0 N–H and O–H groups in total. The number of para-hydroxylation sites is 2. The minimum Gasteiger partial charge on any atom is -0.439 e. The second kappa shape index (κ2) is 5.57. The number of hydrogen-bond acceptors (Lipinski definition) is 4. The molecule has 2 aromatic heterocycles. The van der Waals surface area contributed by atoms with Crippen molar-refractivity contribution in [1.29, 1.82) is 0 Å². The monoisotopic (exact) mass is 296 g/mol.